The van der Waals surface area contributed by atoms with E-state index >= 15 is 0 Å². The average molecular weight is 250 g/mol. The number of aromatic amines is 1. The molecule has 2 aromatic rings. The van der Waals surface area contributed by atoms with Gasteiger partial charge in [0.2, 0.25) is 0 Å². The van der Waals surface area contributed by atoms with Gasteiger partial charge in [0.1, 0.15) is 0 Å². The summed E-state index contributed by atoms with van der Waals surface area (Å²) in [6.45, 7) is 0. The van der Waals surface area contributed by atoms with Gasteiger partial charge in [0.15, 0.2) is 0 Å². The van der Waals surface area contributed by atoms with E-state index in [1.54, 1.807) is 24.3 Å². The van der Waals surface area contributed by atoms with Crippen molar-refractivity contribution in [3.8, 4) is 0 Å². The highest BCUT2D eigenvalue weighted by Crippen LogP contribution is 2.17. The highest BCUT2D eigenvalue weighted by molar-refractivity contribution is 6.31. The molecule has 0 aliphatic rings. The normalized spacial score (nSPS) is 11.1. The lowest BCUT2D eigenvalue weighted by Gasteiger charge is -2.00. The van der Waals surface area contributed by atoms with Crippen molar-refractivity contribution in [3.05, 3.63) is 51.3 Å². The SMILES string of the molecule is O=C(O)/C=C/c1cc2ccc(Cl)cc2[nH]c1=O. The molecule has 0 atom stereocenters. The first-order valence-electron chi connectivity index (χ1n) is 4.80. The fourth-order valence-corrected chi connectivity index (χ4v) is 1.65. The van der Waals surface area contributed by atoms with Crippen LogP contribution in [0.4, 0.5) is 0 Å². The Morgan fingerprint density at radius 3 is 2.82 bits per heavy atom. The Labute approximate surface area is 101 Å². The van der Waals surface area contributed by atoms with E-state index in [2.05, 4.69) is 4.98 Å². The lowest BCUT2D eigenvalue weighted by atomic mass is 10.1. The maximum Gasteiger partial charge on any atom is 0.328 e. The number of nitrogens with one attached hydrogen (secondary N) is 1. The zero-order valence-electron chi connectivity index (χ0n) is 8.61. The first-order chi connectivity index (χ1) is 8.06. The first kappa shape index (κ1) is 11.4. The van der Waals surface area contributed by atoms with E-state index in [9.17, 15) is 9.59 Å². The summed E-state index contributed by atoms with van der Waals surface area (Å²) in [7, 11) is 0. The van der Waals surface area contributed by atoms with Crippen LogP contribution in [0.15, 0.2) is 35.1 Å². The Kier molecular flexibility index (Phi) is 2.97. The number of halogens is 1. The lowest BCUT2D eigenvalue weighted by Crippen LogP contribution is -2.09. The standard InChI is InChI=1S/C12H8ClNO3/c13-9-3-1-7-5-8(2-4-11(15)16)12(17)14-10(7)6-9/h1-6H,(H,14,17)(H,15,16)/b4-2+. The summed E-state index contributed by atoms with van der Waals surface area (Å²) < 4.78 is 0. The zero-order valence-corrected chi connectivity index (χ0v) is 9.36. The first-order valence-corrected chi connectivity index (χ1v) is 5.17. The van der Waals surface area contributed by atoms with E-state index in [0.717, 1.165) is 11.5 Å². The predicted molar refractivity (Wildman–Crippen MR) is 66.2 cm³/mol. The third-order valence-electron chi connectivity index (χ3n) is 2.24. The summed E-state index contributed by atoms with van der Waals surface area (Å²) in [5.74, 6) is -1.10. The Morgan fingerprint density at radius 1 is 1.35 bits per heavy atom. The van der Waals surface area contributed by atoms with Gasteiger partial charge in [-0.05, 0) is 29.7 Å². The smallest absolute Gasteiger partial charge is 0.328 e. The number of rotatable bonds is 2. The average Bonchev–Trinajstić information content (AvgIpc) is 2.26. The van der Waals surface area contributed by atoms with Gasteiger partial charge in [-0.2, -0.15) is 0 Å². The van der Waals surface area contributed by atoms with E-state index in [0.29, 0.717) is 16.1 Å². The van der Waals surface area contributed by atoms with E-state index < -0.39 is 5.97 Å². The molecule has 1 aromatic heterocycles. The van der Waals surface area contributed by atoms with Gasteiger partial charge in [-0.1, -0.05) is 17.7 Å². The summed E-state index contributed by atoms with van der Waals surface area (Å²) in [6, 6.07) is 6.71. The molecule has 0 bridgehead atoms. The van der Waals surface area contributed by atoms with Crippen LogP contribution in [0.1, 0.15) is 5.56 Å². The molecule has 86 valence electrons. The number of hydrogen-bond donors (Lipinski definition) is 2. The highest BCUT2D eigenvalue weighted by Gasteiger charge is 2.01. The van der Waals surface area contributed by atoms with Gasteiger partial charge in [0.05, 0.1) is 0 Å². The molecule has 2 N–H and O–H groups in total. The third-order valence-corrected chi connectivity index (χ3v) is 2.48. The Bertz CT molecular complexity index is 673. The number of benzene rings is 1. The number of hydrogen-bond acceptors (Lipinski definition) is 2. The summed E-state index contributed by atoms with van der Waals surface area (Å²) in [6.07, 6.45) is 2.18. The predicted octanol–water partition coefficient (Wildman–Crippen LogP) is 2.28. The minimum atomic E-state index is -1.10. The van der Waals surface area contributed by atoms with Crippen LogP contribution in [0.3, 0.4) is 0 Å². The molecule has 0 aliphatic carbocycles. The number of pyridine rings is 1. The molecule has 0 spiro atoms. The topological polar surface area (TPSA) is 70.2 Å². The molecule has 5 heteroatoms. The van der Waals surface area contributed by atoms with Crippen LogP contribution in [-0.2, 0) is 4.79 Å². The molecule has 0 saturated carbocycles. The third kappa shape index (κ3) is 2.54. The molecule has 0 unspecified atom stereocenters. The second-order valence-corrected chi connectivity index (χ2v) is 3.89. The van der Waals surface area contributed by atoms with E-state index in [1.807, 2.05) is 0 Å². The molecular weight excluding hydrogens is 242 g/mol. The molecule has 17 heavy (non-hydrogen) atoms. The minimum absolute atomic E-state index is 0.294. The maximum absolute atomic E-state index is 11.6. The fourth-order valence-electron chi connectivity index (χ4n) is 1.48. The van der Waals surface area contributed by atoms with Crippen LogP contribution in [0, 0.1) is 0 Å². The number of carbonyl (C=O) groups is 1. The monoisotopic (exact) mass is 249 g/mol. The number of H-pyrrole nitrogens is 1. The molecule has 0 aliphatic heterocycles. The van der Waals surface area contributed by atoms with Crippen molar-refractivity contribution in [2.45, 2.75) is 0 Å². The van der Waals surface area contributed by atoms with Gasteiger partial charge in [-0.15, -0.1) is 0 Å². The highest BCUT2D eigenvalue weighted by atomic mass is 35.5. The summed E-state index contributed by atoms with van der Waals surface area (Å²) in [4.78, 5) is 24.6. The van der Waals surface area contributed by atoms with Crippen molar-refractivity contribution >= 4 is 34.5 Å². The molecule has 1 heterocycles. The Hall–Kier alpha value is -2.07. The number of carboxylic acid groups (broad SMARTS) is 1. The number of carboxylic acids is 1. The summed E-state index contributed by atoms with van der Waals surface area (Å²) >= 11 is 5.80. The van der Waals surface area contributed by atoms with Crippen LogP contribution >= 0.6 is 11.6 Å². The Balaban J connectivity index is 2.60. The quantitative estimate of drug-likeness (QED) is 0.802. The van der Waals surface area contributed by atoms with Crippen LogP contribution in [-0.4, -0.2) is 16.1 Å². The van der Waals surface area contributed by atoms with Gasteiger partial charge in [-0.3, -0.25) is 4.79 Å². The minimum Gasteiger partial charge on any atom is -0.478 e. The molecule has 0 fully saturated rings. The Morgan fingerprint density at radius 2 is 2.12 bits per heavy atom. The van der Waals surface area contributed by atoms with E-state index in [1.165, 1.54) is 6.08 Å². The zero-order chi connectivity index (χ0) is 12.4. The second-order valence-electron chi connectivity index (χ2n) is 3.46. The van der Waals surface area contributed by atoms with Crippen molar-refractivity contribution in [2.75, 3.05) is 0 Å². The molecule has 0 saturated heterocycles. The van der Waals surface area contributed by atoms with Crippen LogP contribution < -0.4 is 5.56 Å². The van der Waals surface area contributed by atoms with Gasteiger partial charge in [0, 0.05) is 22.2 Å². The number of aromatic nitrogens is 1. The molecular formula is C12H8ClNO3. The molecule has 2 rings (SSSR count). The van der Waals surface area contributed by atoms with Crippen molar-refractivity contribution in [1.29, 1.82) is 0 Å². The van der Waals surface area contributed by atoms with Gasteiger partial charge in [0.25, 0.3) is 5.56 Å². The van der Waals surface area contributed by atoms with Crippen LogP contribution in [0.5, 0.6) is 0 Å². The summed E-state index contributed by atoms with van der Waals surface area (Å²) in [5, 5.41) is 9.82. The molecule has 0 radical (unpaired) electrons. The molecule has 4 nitrogen and oxygen atoms in total. The van der Waals surface area contributed by atoms with Crippen LogP contribution in [0.25, 0.3) is 17.0 Å². The van der Waals surface area contributed by atoms with E-state index in [4.69, 9.17) is 16.7 Å². The van der Waals surface area contributed by atoms with Crippen molar-refractivity contribution < 1.29 is 9.90 Å². The molecule has 1 aromatic carbocycles. The second kappa shape index (κ2) is 4.43. The summed E-state index contributed by atoms with van der Waals surface area (Å²) in [5.41, 5.74) is 0.564. The maximum atomic E-state index is 11.6. The van der Waals surface area contributed by atoms with Crippen LogP contribution in [0.2, 0.25) is 5.02 Å². The fraction of sp³-hybridized carbons (Fsp3) is 0. The van der Waals surface area contributed by atoms with Gasteiger partial charge < -0.3 is 10.1 Å². The van der Waals surface area contributed by atoms with Gasteiger partial charge in [-0.25, -0.2) is 4.79 Å². The lowest BCUT2D eigenvalue weighted by molar-refractivity contribution is -0.131. The van der Waals surface area contributed by atoms with E-state index in [-0.39, 0.29) is 5.56 Å². The largest absolute Gasteiger partial charge is 0.478 e. The van der Waals surface area contributed by atoms with Crippen molar-refractivity contribution in [2.24, 2.45) is 0 Å². The number of aliphatic carboxylic acids is 1. The van der Waals surface area contributed by atoms with Gasteiger partial charge >= 0.3 is 5.97 Å². The van der Waals surface area contributed by atoms with Crippen molar-refractivity contribution in [1.82, 2.24) is 4.98 Å². The van der Waals surface area contributed by atoms with Crippen molar-refractivity contribution in [3.63, 3.8) is 0 Å². The number of fused-ring (bicyclic) bond motifs is 1. The molecule has 0 amide bonds.